The van der Waals surface area contributed by atoms with Crippen LogP contribution in [-0.4, -0.2) is 77.7 Å². The largest absolute Gasteiger partial charge is 0.477 e. The highest BCUT2D eigenvalue weighted by Crippen LogP contribution is 2.51. The number of carboxylic acid groups (broad SMARTS) is 2. The number of imidazole rings is 1. The Labute approximate surface area is 230 Å². The van der Waals surface area contributed by atoms with Gasteiger partial charge in [0.05, 0.1) is 28.5 Å². The summed E-state index contributed by atoms with van der Waals surface area (Å²) in [5.74, 6) is -3.66. The maximum atomic E-state index is 13.6. The molecule has 0 aromatic carbocycles. The zero-order chi connectivity index (χ0) is 28.2. The summed E-state index contributed by atoms with van der Waals surface area (Å²) in [7, 11) is 0. The minimum Gasteiger partial charge on any atom is -0.477 e. The number of ketones is 1. The summed E-state index contributed by atoms with van der Waals surface area (Å²) in [5, 5.41) is 29.8. The molecule has 1 fully saturated rings. The molecule has 1 amide bonds. The summed E-state index contributed by atoms with van der Waals surface area (Å²) < 4.78 is 3.11. The van der Waals surface area contributed by atoms with Crippen LogP contribution in [0.25, 0.3) is 10.4 Å². The number of aliphatic carboxylic acids is 2. The summed E-state index contributed by atoms with van der Waals surface area (Å²) in [5.41, 5.74) is 6.43. The van der Waals surface area contributed by atoms with E-state index in [0.717, 1.165) is 0 Å². The number of aliphatic hydroxyl groups excluding tert-OH is 1. The van der Waals surface area contributed by atoms with E-state index in [0.29, 0.717) is 32.7 Å². The lowest BCUT2D eigenvalue weighted by molar-refractivity contribution is -0.685. The van der Waals surface area contributed by atoms with Crippen molar-refractivity contribution in [1.29, 1.82) is 0 Å². The minimum absolute atomic E-state index is 0.117. The van der Waals surface area contributed by atoms with E-state index in [9.17, 15) is 29.4 Å². The SMILES string of the molecule is C[C@@H](O)[C@H]1C(=O)N2C(C(=O)O)=C(c3cn4c(SCCN)nc(C(=O)c5ccc[n+](CC(=O)O)c5)c4s3)[C@H](C)[C@H]12. The first kappa shape index (κ1) is 27.0. The highest BCUT2D eigenvalue weighted by molar-refractivity contribution is 7.99. The topological polar surface area (TPSA) is 179 Å². The van der Waals surface area contributed by atoms with E-state index in [1.807, 2.05) is 6.92 Å². The summed E-state index contributed by atoms with van der Waals surface area (Å²) in [4.78, 5) is 56.7. The molecule has 0 saturated carbocycles. The molecule has 3 aromatic rings. The summed E-state index contributed by atoms with van der Waals surface area (Å²) in [6.45, 7) is 3.42. The molecule has 0 bridgehead atoms. The van der Waals surface area contributed by atoms with Gasteiger partial charge in [0.15, 0.2) is 17.6 Å². The van der Waals surface area contributed by atoms with Crippen molar-refractivity contribution in [2.75, 3.05) is 12.3 Å². The molecule has 0 radical (unpaired) electrons. The first-order valence-electron chi connectivity index (χ1n) is 12.1. The van der Waals surface area contributed by atoms with Crippen LogP contribution in [0.5, 0.6) is 0 Å². The molecule has 5 rings (SSSR count). The van der Waals surface area contributed by atoms with Crippen molar-refractivity contribution in [2.45, 2.75) is 37.7 Å². The third-order valence-corrected chi connectivity index (χ3v) is 9.04. The number of nitrogens with zero attached hydrogens (tertiary/aromatic N) is 4. The maximum Gasteiger partial charge on any atom is 0.370 e. The predicted molar refractivity (Wildman–Crippen MR) is 140 cm³/mol. The van der Waals surface area contributed by atoms with E-state index >= 15 is 0 Å². The summed E-state index contributed by atoms with van der Waals surface area (Å²) in [6, 6.07) is 2.68. The van der Waals surface area contributed by atoms with Crippen LogP contribution in [0, 0.1) is 11.8 Å². The highest BCUT2D eigenvalue weighted by atomic mass is 32.2. The van der Waals surface area contributed by atoms with Crippen molar-refractivity contribution in [3.8, 4) is 0 Å². The molecule has 0 spiro atoms. The van der Waals surface area contributed by atoms with E-state index < -0.39 is 41.7 Å². The third kappa shape index (κ3) is 4.42. The average molecular weight is 573 g/mol. The Bertz CT molecular complexity index is 1560. The standard InChI is InChI=1S/C25H25N5O7S2/c1-11-16(20(24(36)37)30-19(11)17(12(2)31)22(30)35)14-9-29-23(39-14)18(27-25(29)38-7-5-26)21(34)13-4-3-6-28(8-13)10-15(32)33/h3-4,6,8-9,11-12,17,19,31H,5,7,10,26H2,1-2H3,(H-,32,33,36,37)/p+1/t11-,12+,17+,19+/m0/s1. The van der Waals surface area contributed by atoms with Gasteiger partial charge < -0.3 is 26.0 Å². The lowest BCUT2D eigenvalue weighted by atomic mass is 9.77. The van der Waals surface area contributed by atoms with Gasteiger partial charge >= 0.3 is 11.9 Å². The molecule has 5 heterocycles. The molecule has 14 heteroatoms. The molecule has 204 valence electrons. The van der Waals surface area contributed by atoms with Crippen LogP contribution < -0.4 is 10.3 Å². The summed E-state index contributed by atoms with van der Waals surface area (Å²) in [6.07, 6.45) is 3.80. The number of thiazole rings is 1. The zero-order valence-corrected chi connectivity index (χ0v) is 22.6. The Hall–Kier alpha value is -3.59. The number of aromatic nitrogens is 3. The second-order valence-corrected chi connectivity index (χ2v) is 11.6. The Balaban J connectivity index is 1.62. The Morgan fingerprint density at radius 2 is 2.05 bits per heavy atom. The number of amides is 1. The molecule has 0 aliphatic carbocycles. The Morgan fingerprint density at radius 1 is 1.31 bits per heavy atom. The number of rotatable bonds is 10. The molecule has 4 atom stereocenters. The molecule has 0 unspecified atom stereocenters. The second-order valence-electron chi connectivity index (χ2n) is 9.46. The van der Waals surface area contributed by atoms with Crippen LogP contribution >= 0.6 is 23.1 Å². The van der Waals surface area contributed by atoms with E-state index in [4.69, 9.17) is 10.8 Å². The number of carbonyl (C=O) groups excluding carboxylic acids is 2. The highest BCUT2D eigenvalue weighted by Gasteiger charge is 2.60. The van der Waals surface area contributed by atoms with Gasteiger partial charge in [0, 0.05) is 36.1 Å². The molecule has 5 N–H and O–H groups in total. The number of β-lactam (4-membered cyclic amide) rings is 1. The maximum absolute atomic E-state index is 13.6. The van der Waals surface area contributed by atoms with Crippen molar-refractivity contribution in [2.24, 2.45) is 17.6 Å². The van der Waals surface area contributed by atoms with Crippen molar-refractivity contribution in [3.63, 3.8) is 0 Å². The summed E-state index contributed by atoms with van der Waals surface area (Å²) >= 11 is 2.54. The smallest absolute Gasteiger partial charge is 0.370 e. The number of hydrogen-bond acceptors (Lipinski definition) is 9. The van der Waals surface area contributed by atoms with Crippen LogP contribution in [-0.2, 0) is 20.9 Å². The molecule has 39 heavy (non-hydrogen) atoms. The number of pyridine rings is 1. The van der Waals surface area contributed by atoms with E-state index in [-0.39, 0.29) is 29.4 Å². The molecule has 12 nitrogen and oxygen atoms in total. The van der Waals surface area contributed by atoms with Crippen LogP contribution in [0.3, 0.4) is 0 Å². The average Bonchev–Trinajstić information content (AvgIpc) is 3.50. The normalized spacial score (nSPS) is 21.3. The van der Waals surface area contributed by atoms with Crippen molar-refractivity contribution >= 4 is 57.1 Å². The fraction of sp³-hybridized carbons (Fsp3) is 0.360. The Morgan fingerprint density at radius 3 is 2.69 bits per heavy atom. The van der Waals surface area contributed by atoms with Gasteiger partial charge in [-0.1, -0.05) is 18.7 Å². The first-order chi connectivity index (χ1) is 18.5. The van der Waals surface area contributed by atoms with Crippen molar-refractivity contribution in [3.05, 3.63) is 52.6 Å². The van der Waals surface area contributed by atoms with Gasteiger partial charge in [0.2, 0.25) is 18.2 Å². The quantitative estimate of drug-likeness (QED) is 0.117. The van der Waals surface area contributed by atoms with E-state index in [2.05, 4.69) is 4.98 Å². The van der Waals surface area contributed by atoms with Crippen molar-refractivity contribution < 1.29 is 39.1 Å². The lowest BCUT2D eigenvalue weighted by Crippen LogP contribution is -2.63. The molecular weight excluding hydrogens is 546 g/mol. The Kier molecular flexibility index (Phi) is 7.05. The number of fused-ring (bicyclic) bond motifs is 2. The minimum atomic E-state index is -1.24. The van der Waals surface area contributed by atoms with E-state index in [1.54, 1.807) is 28.9 Å². The molecule has 1 saturated heterocycles. The van der Waals surface area contributed by atoms with Crippen LogP contribution in [0.4, 0.5) is 0 Å². The van der Waals surface area contributed by atoms with Crippen LogP contribution in [0.1, 0.15) is 34.8 Å². The fourth-order valence-corrected chi connectivity index (χ4v) is 7.35. The van der Waals surface area contributed by atoms with Gasteiger partial charge in [-0.25, -0.2) is 14.6 Å². The van der Waals surface area contributed by atoms with Gasteiger partial charge in [-0.05, 0) is 13.0 Å². The number of carboxylic acids is 2. The molecular formula is C25H26N5O7S2+. The third-order valence-electron chi connectivity index (χ3n) is 6.93. The van der Waals surface area contributed by atoms with Gasteiger partial charge in [0.25, 0.3) is 0 Å². The predicted octanol–water partition coefficient (Wildman–Crippen LogP) is 0.703. The lowest BCUT2D eigenvalue weighted by Gasteiger charge is -2.46. The molecule has 2 aliphatic heterocycles. The first-order valence-corrected chi connectivity index (χ1v) is 13.9. The second kappa shape index (κ2) is 10.2. The number of thioether (sulfide) groups is 1. The number of hydrogen-bond donors (Lipinski definition) is 4. The monoisotopic (exact) mass is 572 g/mol. The number of nitrogens with two attached hydrogens (primary N) is 1. The fourth-order valence-electron chi connectivity index (χ4n) is 5.32. The van der Waals surface area contributed by atoms with Crippen LogP contribution in [0.2, 0.25) is 0 Å². The van der Waals surface area contributed by atoms with Gasteiger partial charge in [0.1, 0.15) is 16.2 Å². The van der Waals surface area contributed by atoms with Gasteiger partial charge in [-0.3, -0.25) is 14.0 Å². The van der Waals surface area contributed by atoms with E-state index in [1.165, 1.54) is 45.7 Å². The molecule has 3 aromatic heterocycles. The molecule has 2 aliphatic rings. The number of carbonyl (C=O) groups is 4. The number of aliphatic hydroxyl groups is 1. The van der Waals surface area contributed by atoms with Crippen molar-refractivity contribution in [1.82, 2.24) is 14.3 Å². The van der Waals surface area contributed by atoms with Crippen LogP contribution in [0.15, 0.2) is 41.6 Å². The van der Waals surface area contributed by atoms with Gasteiger partial charge in [-0.15, -0.1) is 11.3 Å². The van der Waals surface area contributed by atoms with Gasteiger partial charge in [-0.2, -0.15) is 4.57 Å². The zero-order valence-electron chi connectivity index (χ0n) is 21.0.